The lowest BCUT2D eigenvalue weighted by Crippen LogP contribution is -2.51. The molecule has 0 saturated carbocycles. The van der Waals surface area contributed by atoms with Crippen molar-refractivity contribution in [2.45, 2.75) is 37.2 Å². The summed E-state index contributed by atoms with van der Waals surface area (Å²) in [7, 11) is 0. The van der Waals surface area contributed by atoms with Crippen LogP contribution in [-0.2, 0) is 16.8 Å². The summed E-state index contributed by atoms with van der Waals surface area (Å²) in [5.41, 5.74) is 0.678. The number of halogens is 4. The first kappa shape index (κ1) is 22.7. The van der Waals surface area contributed by atoms with Gasteiger partial charge >= 0.3 is 6.18 Å². The van der Waals surface area contributed by atoms with Crippen molar-refractivity contribution < 1.29 is 27.5 Å². The molecule has 9 heteroatoms. The van der Waals surface area contributed by atoms with Crippen LogP contribution in [0.5, 0.6) is 0 Å². The number of likely N-dealkylation sites (tertiary alicyclic amines) is 1. The van der Waals surface area contributed by atoms with Crippen LogP contribution in [0.1, 0.15) is 24.0 Å². The molecule has 5 nitrogen and oxygen atoms in total. The fraction of sp³-hybridized carbons (Fsp3) is 0.435. The van der Waals surface area contributed by atoms with Gasteiger partial charge in [0.15, 0.2) is 0 Å². The molecule has 2 aromatic rings. The molecule has 4 rings (SSSR count). The lowest BCUT2D eigenvalue weighted by Gasteiger charge is -2.38. The second-order valence-electron chi connectivity index (χ2n) is 8.41. The van der Waals surface area contributed by atoms with Crippen LogP contribution in [-0.4, -0.2) is 54.5 Å². The summed E-state index contributed by atoms with van der Waals surface area (Å²) >= 11 is 0. The van der Waals surface area contributed by atoms with E-state index in [0.29, 0.717) is 31.6 Å². The van der Waals surface area contributed by atoms with E-state index >= 15 is 0 Å². The Morgan fingerprint density at radius 1 is 1.06 bits per heavy atom. The van der Waals surface area contributed by atoms with E-state index in [1.54, 1.807) is 6.07 Å². The molecule has 0 radical (unpaired) electrons. The van der Waals surface area contributed by atoms with Gasteiger partial charge < -0.3 is 10.0 Å². The Morgan fingerprint density at radius 3 is 2.41 bits per heavy atom. The van der Waals surface area contributed by atoms with Gasteiger partial charge in [0.05, 0.1) is 24.2 Å². The highest BCUT2D eigenvalue weighted by atomic mass is 19.4. The number of hydrogen-bond donors (Lipinski definition) is 2. The molecule has 32 heavy (non-hydrogen) atoms. The molecule has 1 unspecified atom stereocenters. The Morgan fingerprint density at radius 2 is 1.75 bits per heavy atom. The predicted octanol–water partition coefficient (Wildman–Crippen LogP) is 3.18. The number of carbonyl (C=O) groups excluding carboxylic acids is 1. The van der Waals surface area contributed by atoms with Gasteiger partial charge in [-0.1, -0.05) is 36.4 Å². The lowest BCUT2D eigenvalue weighted by molar-refractivity contribution is -0.131. The Kier molecular flexibility index (Phi) is 6.24. The SMILES string of the molecule is O=C1N(CC(O)NCC(F)(F)F)c2cccc(F)c2C12CCN(Cc1ccccc1)CC2. The molecule has 1 saturated heterocycles. The van der Waals surface area contributed by atoms with E-state index in [1.165, 1.54) is 17.0 Å². The van der Waals surface area contributed by atoms with E-state index in [-0.39, 0.29) is 18.0 Å². The summed E-state index contributed by atoms with van der Waals surface area (Å²) < 4.78 is 52.3. The molecule has 2 aromatic carbocycles. The number of nitrogens with zero attached hydrogens (tertiary/aromatic N) is 2. The van der Waals surface area contributed by atoms with Gasteiger partial charge in [0.2, 0.25) is 5.91 Å². The van der Waals surface area contributed by atoms with Gasteiger partial charge in [0.1, 0.15) is 12.0 Å². The smallest absolute Gasteiger partial charge is 0.377 e. The maximum absolute atomic E-state index is 14.9. The van der Waals surface area contributed by atoms with Gasteiger partial charge in [-0.3, -0.25) is 15.0 Å². The number of fused-ring (bicyclic) bond motifs is 2. The number of piperidine rings is 1. The van der Waals surface area contributed by atoms with Gasteiger partial charge in [0, 0.05) is 12.1 Å². The molecule has 0 bridgehead atoms. The number of carbonyl (C=O) groups is 1. The Bertz CT molecular complexity index is 959. The summed E-state index contributed by atoms with van der Waals surface area (Å²) in [5, 5.41) is 12.0. The summed E-state index contributed by atoms with van der Waals surface area (Å²) in [6.45, 7) is 0.111. The third-order valence-corrected chi connectivity index (χ3v) is 6.27. The van der Waals surface area contributed by atoms with Gasteiger partial charge in [-0.2, -0.15) is 13.2 Å². The van der Waals surface area contributed by atoms with Crippen molar-refractivity contribution in [3.63, 3.8) is 0 Å². The van der Waals surface area contributed by atoms with E-state index in [1.807, 2.05) is 35.6 Å². The average molecular weight is 451 g/mol. The number of benzene rings is 2. The van der Waals surface area contributed by atoms with Crippen LogP contribution in [0.2, 0.25) is 0 Å². The molecular formula is C23H25F4N3O2. The monoisotopic (exact) mass is 451 g/mol. The highest BCUT2D eigenvalue weighted by Gasteiger charge is 2.53. The number of rotatable bonds is 6. The van der Waals surface area contributed by atoms with Crippen LogP contribution >= 0.6 is 0 Å². The van der Waals surface area contributed by atoms with Crippen molar-refractivity contribution in [1.29, 1.82) is 0 Å². The van der Waals surface area contributed by atoms with Gasteiger partial charge in [-0.05, 0) is 43.6 Å². The average Bonchev–Trinajstić information content (AvgIpc) is 2.98. The van der Waals surface area contributed by atoms with E-state index in [4.69, 9.17) is 0 Å². The maximum atomic E-state index is 14.9. The van der Waals surface area contributed by atoms with E-state index in [9.17, 15) is 27.5 Å². The molecule has 0 aliphatic carbocycles. The minimum atomic E-state index is -4.49. The van der Waals surface area contributed by atoms with Crippen LogP contribution in [0.15, 0.2) is 48.5 Å². The van der Waals surface area contributed by atoms with E-state index < -0.39 is 30.2 Å². The van der Waals surface area contributed by atoms with Crippen molar-refractivity contribution in [1.82, 2.24) is 10.2 Å². The van der Waals surface area contributed by atoms with E-state index in [2.05, 4.69) is 4.90 Å². The fourth-order valence-electron chi connectivity index (χ4n) is 4.74. The number of aliphatic hydroxyl groups excluding tert-OH is 1. The Labute approximate surface area is 183 Å². The maximum Gasteiger partial charge on any atom is 0.401 e. The molecular weight excluding hydrogens is 426 g/mol. The summed E-state index contributed by atoms with van der Waals surface area (Å²) in [5.74, 6) is -0.877. The van der Waals surface area contributed by atoms with Crippen LogP contribution in [0.3, 0.4) is 0 Å². The minimum absolute atomic E-state index is 0.285. The standard InChI is InChI=1S/C23H25F4N3O2/c24-17-7-4-8-18-20(17)22(21(32)30(18)14-19(31)28-15-23(25,26)27)9-11-29(12-10-22)13-16-5-2-1-3-6-16/h1-8,19,28,31H,9-15H2. The molecule has 2 heterocycles. The third-order valence-electron chi connectivity index (χ3n) is 6.27. The van der Waals surface area contributed by atoms with Crippen molar-refractivity contribution >= 4 is 11.6 Å². The number of amides is 1. The lowest BCUT2D eigenvalue weighted by atomic mass is 9.73. The van der Waals surface area contributed by atoms with Crippen molar-refractivity contribution in [2.75, 3.05) is 31.1 Å². The quantitative estimate of drug-likeness (QED) is 0.523. The van der Waals surface area contributed by atoms with Crippen molar-refractivity contribution in [2.24, 2.45) is 0 Å². The van der Waals surface area contributed by atoms with Crippen LogP contribution in [0.4, 0.5) is 23.2 Å². The first-order chi connectivity index (χ1) is 15.2. The number of hydrogen-bond acceptors (Lipinski definition) is 4. The first-order valence-corrected chi connectivity index (χ1v) is 10.5. The van der Waals surface area contributed by atoms with Crippen LogP contribution < -0.4 is 10.2 Å². The zero-order valence-corrected chi connectivity index (χ0v) is 17.4. The Balaban J connectivity index is 1.52. The molecule has 2 aliphatic rings. The predicted molar refractivity (Wildman–Crippen MR) is 111 cm³/mol. The fourth-order valence-corrected chi connectivity index (χ4v) is 4.74. The molecule has 172 valence electrons. The highest BCUT2D eigenvalue weighted by Crippen LogP contribution is 2.49. The molecule has 1 atom stereocenters. The molecule has 1 spiro atoms. The number of anilines is 1. The first-order valence-electron chi connectivity index (χ1n) is 10.5. The van der Waals surface area contributed by atoms with Gasteiger partial charge in [0.25, 0.3) is 0 Å². The number of nitrogens with one attached hydrogen (secondary N) is 1. The van der Waals surface area contributed by atoms with Gasteiger partial charge in [-0.15, -0.1) is 0 Å². The number of aliphatic hydroxyl groups is 1. The minimum Gasteiger partial charge on any atom is -0.377 e. The van der Waals surface area contributed by atoms with Crippen LogP contribution in [0.25, 0.3) is 0 Å². The Hall–Kier alpha value is -2.49. The number of alkyl halides is 3. The second-order valence-corrected chi connectivity index (χ2v) is 8.41. The normalized spacial score (nSPS) is 19.4. The van der Waals surface area contributed by atoms with Crippen molar-refractivity contribution in [3.8, 4) is 0 Å². The largest absolute Gasteiger partial charge is 0.401 e. The number of β-amino-alcohol motifs (C(OH)–C–C–N with tert-alkyl or cyclic N) is 1. The molecule has 0 aromatic heterocycles. The molecule has 1 fully saturated rings. The summed E-state index contributed by atoms with van der Waals surface area (Å²) in [6, 6.07) is 14.3. The van der Waals surface area contributed by atoms with Gasteiger partial charge in [-0.25, -0.2) is 4.39 Å². The van der Waals surface area contributed by atoms with Crippen LogP contribution in [0, 0.1) is 5.82 Å². The topological polar surface area (TPSA) is 55.8 Å². The zero-order valence-electron chi connectivity index (χ0n) is 17.4. The summed E-state index contributed by atoms with van der Waals surface area (Å²) in [6.07, 6.45) is -5.29. The van der Waals surface area contributed by atoms with Crippen molar-refractivity contribution in [3.05, 3.63) is 65.5 Å². The third kappa shape index (κ3) is 4.51. The second kappa shape index (κ2) is 8.80. The highest BCUT2D eigenvalue weighted by molar-refractivity contribution is 6.08. The molecule has 2 N–H and O–H groups in total. The zero-order chi connectivity index (χ0) is 22.9. The molecule has 1 amide bonds. The summed E-state index contributed by atoms with van der Waals surface area (Å²) in [4.78, 5) is 16.9. The molecule has 2 aliphatic heterocycles. The van der Waals surface area contributed by atoms with E-state index in [0.717, 1.165) is 12.1 Å².